The molecular formula is C17H17N3O2. The Bertz CT molecular complexity index is 778. The van der Waals surface area contributed by atoms with E-state index in [0.717, 1.165) is 22.5 Å². The molecule has 0 aliphatic heterocycles. The van der Waals surface area contributed by atoms with Gasteiger partial charge in [-0.05, 0) is 36.4 Å². The van der Waals surface area contributed by atoms with Crippen LogP contribution in [0.5, 0.6) is 5.75 Å². The van der Waals surface area contributed by atoms with Gasteiger partial charge in [0.2, 0.25) is 5.91 Å². The van der Waals surface area contributed by atoms with Crippen LogP contribution in [-0.4, -0.2) is 22.6 Å². The van der Waals surface area contributed by atoms with Crippen molar-refractivity contribution in [1.82, 2.24) is 9.55 Å². The minimum Gasteiger partial charge on any atom is -0.497 e. The van der Waals surface area contributed by atoms with Gasteiger partial charge in [0.25, 0.3) is 0 Å². The van der Waals surface area contributed by atoms with E-state index in [1.165, 1.54) is 0 Å². The number of carbonyl (C=O) groups is 1. The second kappa shape index (κ2) is 6.30. The van der Waals surface area contributed by atoms with Gasteiger partial charge in [-0.15, -0.1) is 0 Å². The average Bonchev–Trinajstić information content (AvgIpc) is 2.97. The molecule has 3 rings (SSSR count). The molecule has 0 aliphatic carbocycles. The number of imidazole rings is 1. The smallest absolute Gasteiger partial charge is 0.226 e. The molecule has 1 heterocycles. The van der Waals surface area contributed by atoms with Crippen molar-refractivity contribution in [3.63, 3.8) is 0 Å². The second-order valence-electron chi connectivity index (χ2n) is 4.95. The van der Waals surface area contributed by atoms with Crippen LogP contribution < -0.4 is 10.1 Å². The Morgan fingerprint density at radius 3 is 2.73 bits per heavy atom. The number of hydrogen-bond acceptors (Lipinski definition) is 3. The van der Waals surface area contributed by atoms with Crippen molar-refractivity contribution < 1.29 is 9.53 Å². The molecule has 5 heteroatoms. The summed E-state index contributed by atoms with van der Waals surface area (Å²) in [6, 6.07) is 15.2. The lowest BCUT2D eigenvalue weighted by Gasteiger charge is -2.07. The third kappa shape index (κ3) is 3.09. The standard InChI is InChI=1S/C17H17N3O2/c1-22-14-8-6-13(7-9-14)19-17(21)10-11-20-12-18-15-4-2-3-5-16(15)20/h2-9,12H,10-11H2,1H3,(H,19,21). The third-order valence-corrected chi connectivity index (χ3v) is 3.48. The molecule has 112 valence electrons. The zero-order chi connectivity index (χ0) is 15.4. The SMILES string of the molecule is COc1ccc(NC(=O)CCn2cnc3ccccc32)cc1. The number of benzene rings is 2. The number of nitrogens with one attached hydrogen (secondary N) is 1. The molecule has 0 saturated carbocycles. The number of aryl methyl sites for hydroxylation is 1. The largest absolute Gasteiger partial charge is 0.497 e. The zero-order valence-electron chi connectivity index (χ0n) is 12.3. The molecule has 2 aromatic carbocycles. The molecule has 0 bridgehead atoms. The zero-order valence-corrected chi connectivity index (χ0v) is 12.3. The van der Waals surface area contributed by atoms with Crippen molar-refractivity contribution in [2.45, 2.75) is 13.0 Å². The quantitative estimate of drug-likeness (QED) is 0.787. The van der Waals surface area contributed by atoms with Crippen molar-refractivity contribution >= 4 is 22.6 Å². The number of aromatic nitrogens is 2. The van der Waals surface area contributed by atoms with Crippen LogP contribution in [0.15, 0.2) is 54.9 Å². The van der Waals surface area contributed by atoms with Crippen LogP contribution in [0.2, 0.25) is 0 Å². The first-order chi connectivity index (χ1) is 10.8. The summed E-state index contributed by atoms with van der Waals surface area (Å²) in [5, 5.41) is 2.88. The number of hydrogen-bond donors (Lipinski definition) is 1. The Hall–Kier alpha value is -2.82. The summed E-state index contributed by atoms with van der Waals surface area (Å²) in [5.41, 5.74) is 2.75. The number of nitrogens with zero attached hydrogens (tertiary/aromatic N) is 2. The van der Waals surface area contributed by atoms with E-state index >= 15 is 0 Å². The molecule has 1 aromatic heterocycles. The Labute approximate surface area is 128 Å². The van der Waals surface area contributed by atoms with E-state index in [2.05, 4.69) is 10.3 Å². The van der Waals surface area contributed by atoms with E-state index in [0.29, 0.717) is 13.0 Å². The molecular weight excluding hydrogens is 278 g/mol. The maximum Gasteiger partial charge on any atom is 0.226 e. The Balaban J connectivity index is 1.60. The highest BCUT2D eigenvalue weighted by Crippen LogP contribution is 2.16. The summed E-state index contributed by atoms with van der Waals surface area (Å²) >= 11 is 0. The van der Waals surface area contributed by atoms with Gasteiger partial charge in [0, 0.05) is 18.7 Å². The highest BCUT2D eigenvalue weighted by atomic mass is 16.5. The number of fused-ring (bicyclic) bond motifs is 1. The summed E-state index contributed by atoms with van der Waals surface area (Å²) in [7, 11) is 1.61. The van der Waals surface area contributed by atoms with Crippen LogP contribution in [0.3, 0.4) is 0 Å². The van der Waals surface area contributed by atoms with Gasteiger partial charge >= 0.3 is 0 Å². The highest BCUT2D eigenvalue weighted by Gasteiger charge is 2.06. The van der Waals surface area contributed by atoms with Crippen molar-refractivity contribution in [3.8, 4) is 5.75 Å². The number of para-hydroxylation sites is 2. The van der Waals surface area contributed by atoms with E-state index in [1.807, 2.05) is 53.1 Å². The molecule has 1 N–H and O–H groups in total. The van der Waals surface area contributed by atoms with Crippen molar-refractivity contribution in [1.29, 1.82) is 0 Å². The number of amides is 1. The van der Waals surface area contributed by atoms with E-state index in [1.54, 1.807) is 13.4 Å². The lowest BCUT2D eigenvalue weighted by molar-refractivity contribution is -0.116. The fourth-order valence-corrected chi connectivity index (χ4v) is 2.31. The number of ether oxygens (including phenoxy) is 1. The number of anilines is 1. The average molecular weight is 295 g/mol. The first-order valence-corrected chi connectivity index (χ1v) is 7.10. The molecule has 22 heavy (non-hydrogen) atoms. The van der Waals surface area contributed by atoms with Crippen molar-refractivity contribution in [2.75, 3.05) is 12.4 Å². The van der Waals surface area contributed by atoms with Gasteiger partial charge < -0.3 is 14.6 Å². The molecule has 0 fully saturated rings. The summed E-state index contributed by atoms with van der Waals surface area (Å²) in [6.07, 6.45) is 2.16. The summed E-state index contributed by atoms with van der Waals surface area (Å²) in [4.78, 5) is 16.3. The van der Waals surface area contributed by atoms with Gasteiger partial charge in [-0.25, -0.2) is 4.98 Å². The van der Waals surface area contributed by atoms with Crippen LogP contribution in [0.1, 0.15) is 6.42 Å². The van der Waals surface area contributed by atoms with Crippen LogP contribution in [-0.2, 0) is 11.3 Å². The van der Waals surface area contributed by atoms with Crippen molar-refractivity contribution in [3.05, 3.63) is 54.9 Å². The minimum absolute atomic E-state index is 0.0250. The maximum atomic E-state index is 12.0. The Kier molecular flexibility index (Phi) is 4.05. The predicted molar refractivity (Wildman–Crippen MR) is 86.0 cm³/mol. The monoisotopic (exact) mass is 295 g/mol. The van der Waals surface area contributed by atoms with Crippen LogP contribution in [0.25, 0.3) is 11.0 Å². The van der Waals surface area contributed by atoms with Crippen LogP contribution >= 0.6 is 0 Å². The third-order valence-electron chi connectivity index (χ3n) is 3.48. The van der Waals surface area contributed by atoms with Gasteiger partial charge in [0.05, 0.1) is 24.5 Å². The van der Waals surface area contributed by atoms with E-state index in [4.69, 9.17) is 4.74 Å². The van der Waals surface area contributed by atoms with E-state index in [9.17, 15) is 4.79 Å². The molecule has 0 aliphatic rings. The summed E-state index contributed by atoms with van der Waals surface area (Å²) < 4.78 is 7.08. The number of carbonyl (C=O) groups excluding carboxylic acids is 1. The molecule has 5 nitrogen and oxygen atoms in total. The topological polar surface area (TPSA) is 56.1 Å². The molecule has 3 aromatic rings. The van der Waals surface area contributed by atoms with Crippen LogP contribution in [0.4, 0.5) is 5.69 Å². The number of methoxy groups -OCH3 is 1. The molecule has 1 amide bonds. The van der Waals surface area contributed by atoms with Gasteiger partial charge in [-0.2, -0.15) is 0 Å². The van der Waals surface area contributed by atoms with E-state index < -0.39 is 0 Å². The second-order valence-corrected chi connectivity index (χ2v) is 4.95. The molecule has 0 unspecified atom stereocenters. The Morgan fingerprint density at radius 1 is 1.18 bits per heavy atom. The molecule has 0 atom stereocenters. The lowest BCUT2D eigenvalue weighted by atomic mass is 10.3. The Morgan fingerprint density at radius 2 is 1.95 bits per heavy atom. The van der Waals surface area contributed by atoms with Gasteiger partial charge in [0.1, 0.15) is 5.75 Å². The predicted octanol–water partition coefficient (Wildman–Crippen LogP) is 3.07. The molecule has 0 radical (unpaired) electrons. The molecule has 0 saturated heterocycles. The summed E-state index contributed by atoms with van der Waals surface area (Å²) in [6.45, 7) is 0.600. The van der Waals surface area contributed by atoms with Crippen LogP contribution in [0, 0.1) is 0 Å². The van der Waals surface area contributed by atoms with Gasteiger partial charge in [-0.3, -0.25) is 4.79 Å². The normalized spacial score (nSPS) is 10.6. The fraction of sp³-hybridized carbons (Fsp3) is 0.176. The van der Waals surface area contributed by atoms with Gasteiger partial charge in [-0.1, -0.05) is 12.1 Å². The van der Waals surface area contributed by atoms with Gasteiger partial charge in [0.15, 0.2) is 0 Å². The summed E-state index contributed by atoms with van der Waals surface area (Å²) in [5.74, 6) is 0.742. The first-order valence-electron chi connectivity index (χ1n) is 7.10. The highest BCUT2D eigenvalue weighted by molar-refractivity contribution is 5.90. The maximum absolute atomic E-state index is 12.0. The number of rotatable bonds is 5. The first kappa shape index (κ1) is 14.1. The minimum atomic E-state index is -0.0250. The van der Waals surface area contributed by atoms with Crippen molar-refractivity contribution in [2.24, 2.45) is 0 Å². The lowest BCUT2D eigenvalue weighted by Crippen LogP contribution is -2.14. The molecule has 0 spiro atoms. The van der Waals surface area contributed by atoms with E-state index in [-0.39, 0.29) is 5.91 Å². The fourth-order valence-electron chi connectivity index (χ4n) is 2.31.